The minimum Gasteiger partial charge on any atom is -0.492 e. The number of barbiturate groups is 1. The number of fused-ring (bicyclic) bond motifs is 1. The zero-order chi connectivity index (χ0) is 22.8. The molecule has 1 saturated heterocycles. The molecule has 1 N–H and O–H groups in total. The number of carbonyl (C=O) groups is 3. The molecular formula is C24H22ClN3O4. The van der Waals surface area contributed by atoms with Gasteiger partial charge in [-0.25, -0.2) is 4.79 Å². The topological polar surface area (TPSA) is 80.6 Å². The minimum atomic E-state index is -0.698. The van der Waals surface area contributed by atoms with E-state index in [1.165, 1.54) is 6.08 Å². The third-order valence-corrected chi connectivity index (χ3v) is 5.78. The Balaban J connectivity index is 1.60. The maximum atomic E-state index is 12.6. The van der Waals surface area contributed by atoms with Crippen LogP contribution < -0.4 is 10.1 Å². The molecule has 32 heavy (non-hydrogen) atoms. The Labute approximate surface area is 190 Å². The summed E-state index contributed by atoms with van der Waals surface area (Å²) in [5.74, 6) is -0.554. The fraction of sp³-hybridized carbons (Fsp3) is 0.208. The number of rotatable bonds is 6. The van der Waals surface area contributed by atoms with E-state index in [1.54, 1.807) is 13.0 Å². The summed E-state index contributed by atoms with van der Waals surface area (Å²) < 4.78 is 7.88. The van der Waals surface area contributed by atoms with Crippen LogP contribution in [0.4, 0.5) is 4.79 Å². The fourth-order valence-electron chi connectivity index (χ4n) is 3.68. The van der Waals surface area contributed by atoms with Crippen molar-refractivity contribution in [3.63, 3.8) is 0 Å². The van der Waals surface area contributed by atoms with E-state index in [4.69, 9.17) is 16.3 Å². The molecule has 0 saturated carbocycles. The molecule has 4 amide bonds. The van der Waals surface area contributed by atoms with Gasteiger partial charge in [-0.15, -0.1) is 0 Å². The van der Waals surface area contributed by atoms with E-state index in [0.29, 0.717) is 23.7 Å². The number of hydrogen-bond donors (Lipinski definition) is 1. The van der Waals surface area contributed by atoms with Crippen molar-refractivity contribution in [1.29, 1.82) is 0 Å². The molecule has 4 rings (SSSR count). The number of benzene rings is 2. The van der Waals surface area contributed by atoms with Crippen molar-refractivity contribution in [2.24, 2.45) is 0 Å². The maximum absolute atomic E-state index is 12.6. The zero-order valence-corrected chi connectivity index (χ0v) is 18.5. The van der Waals surface area contributed by atoms with Gasteiger partial charge < -0.3 is 9.30 Å². The normalized spacial score (nSPS) is 15.5. The van der Waals surface area contributed by atoms with E-state index in [0.717, 1.165) is 27.1 Å². The number of ether oxygens (including phenoxy) is 1. The molecule has 1 aliphatic rings. The second kappa shape index (κ2) is 8.88. The molecule has 3 aromatic rings. The van der Waals surface area contributed by atoms with E-state index in [2.05, 4.69) is 5.32 Å². The Kier molecular flexibility index (Phi) is 6.01. The van der Waals surface area contributed by atoms with Gasteiger partial charge in [0.15, 0.2) is 0 Å². The molecule has 2 aromatic carbocycles. The molecule has 0 atom stereocenters. The van der Waals surface area contributed by atoms with Crippen LogP contribution in [0.3, 0.4) is 0 Å². The number of likely N-dealkylation sites (N-methyl/N-ethyl adjacent to an activating group) is 1. The van der Waals surface area contributed by atoms with Crippen LogP contribution in [0.15, 0.2) is 54.2 Å². The van der Waals surface area contributed by atoms with Gasteiger partial charge in [-0.3, -0.25) is 19.8 Å². The van der Waals surface area contributed by atoms with Gasteiger partial charge in [-0.05, 0) is 49.8 Å². The molecule has 1 fully saturated rings. The summed E-state index contributed by atoms with van der Waals surface area (Å²) in [6, 6.07) is 12.5. The Morgan fingerprint density at radius 1 is 1.12 bits per heavy atom. The number of nitrogens with one attached hydrogen (secondary N) is 1. The summed E-state index contributed by atoms with van der Waals surface area (Å²) in [4.78, 5) is 37.8. The maximum Gasteiger partial charge on any atom is 0.331 e. The predicted octanol–water partition coefficient (Wildman–Crippen LogP) is 4.16. The molecule has 0 aliphatic carbocycles. The molecule has 164 valence electrons. The first-order chi connectivity index (χ1) is 15.4. The van der Waals surface area contributed by atoms with Crippen LogP contribution in [-0.4, -0.2) is 40.5 Å². The lowest BCUT2D eigenvalue weighted by molar-refractivity contribution is -0.129. The minimum absolute atomic E-state index is 0.0674. The average Bonchev–Trinajstić information content (AvgIpc) is 3.11. The number of aryl methyl sites for hydroxylation is 1. The summed E-state index contributed by atoms with van der Waals surface area (Å²) in [6.45, 7) is 4.76. The quantitative estimate of drug-likeness (QED) is 0.450. The number of para-hydroxylation sites is 1. The van der Waals surface area contributed by atoms with Crippen LogP contribution in [0.1, 0.15) is 18.1 Å². The number of halogens is 1. The average molecular weight is 452 g/mol. The van der Waals surface area contributed by atoms with Crippen LogP contribution in [0.25, 0.3) is 17.0 Å². The van der Waals surface area contributed by atoms with Crippen molar-refractivity contribution in [3.05, 3.63) is 70.4 Å². The van der Waals surface area contributed by atoms with Gasteiger partial charge in [0.1, 0.15) is 17.9 Å². The number of carbonyl (C=O) groups excluding carboxylic acids is 3. The highest BCUT2D eigenvalue weighted by molar-refractivity contribution is 6.31. The van der Waals surface area contributed by atoms with Gasteiger partial charge in [-0.1, -0.05) is 29.8 Å². The third-order valence-electron chi connectivity index (χ3n) is 5.35. The standard InChI is InChI=1S/C24H22ClN3O4/c1-3-28-23(30)19(22(29)26-24(28)31)13-16-14-27(21-7-5-4-6-18(16)21)10-11-32-17-8-9-20(25)15(2)12-17/h4-9,12-14H,3,10-11H2,1-2H3,(H,26,29,31). The van der Waals surface area contributed by atoms with E-state index in [1.807, 2.05) is 54.1 Å². The molecule has 0 radical (unpaired) electrons. The summed E-state index contributed by atoms with van der Waals surface area (Å²) in [5.41, 5.74) is 2.54. The number of imide groups is 2. The van der Waals surface area contributed by atoms with Gasteiger partial charge in [0.25, 0.3) is 11.8 Å². The predicted molar refractivity (Wildman–Crippen MR) is 123 cm³/mol. The van der Waals surface area contributed by atoms with Crippen molar-refractivity contribution in [2.75, 3.05) is 13.2 Å². The van der Waals surface area contributed by atoms with Crippen LogP contribution in [-0.2, 0) is 16.1 Å². The van der Waals surface area contributed by atoms with Crippen molar-refractivity contribution < 1.29 is 19.1 Å². The van der Waals surface area contributed by atoms with Crippen LogP contribution in [0, 0.1) is 6.92 Å². The van der Waals surface area contributed by atoms with E-state index in [-0.39, 0.29) is 12.1 Å². The lowest BCUT2D eigenvalue weighted by Crippen LogP contribution is -2.53. The number of amides is 4. The smallest absolute Gasteiger partial charge is 0.331 e. The number of aromatic nitrogens is 1. The molecule has 2 heterocycles. The lowest BCUT2D eigenvalue weighted by atomic mass is 10.1. The summed E-state index contributed by atoms with van der Waals surface area (Å²) in [6.07, 6.45) is 3.41. The monoisotopic (exact) mass is 451 g/mol. The van der Waals surface area contributed by atoms with Crippen LogP contribution in [0.5, 0.6) is 5.75 Å². The molecule has 0 bridgehead atoms. The van der Waals surface area contributed by atoms with Crippen LogP contribution in [0.2, 0.25) is 5.02 Å². The largest absolute Gasteiger partial charge is 0.492 e. The zero-order valence-electron chi connectivity index (χ0n) is 17.7. The molecule has 7 nitrogen and oxygen atoms in total. The number of hydrogen-bond acceptors (Lipinski definition) is 4. The fourth-order valence-corrected chi connectivity index (χ4v) is 3.80. The molecular weight excluding hydrogens is 430 g/mol. The van der Waals surface area contributed by atoms with Crippen LogP contribution >= 0.6 is 11.6 Å². The van der Waals surface area contributed by atoms with Gasteiger partial charge >= 0.3 is 6.03 Å². The van der Waals surface area contributed by atoms with E-state index < -0.39 is 17.8 Å². The van der Waals surface area contributed by atoms with Crippen molar-refractivity contribution >= 4 is 46.4 Å². The lowest BCUT2D eigenvalue weighted by Gasteiger charge is -2.24. The first-order valence-corrected chi connectivity index (χ1v) is 10.6. The van der Waals surface area contributed by atoms with E-state index >= 15 is 0 Å². The van der Waals surface area contributed by atoms with Crippen molar-refractivity contribution in [3.8, 4) is 5.75 Å². The van der Waals surface area contributed by atoms with Gasteiger partial charge in [-0.2, -0.15) is 0 Å². The Bertz CT molecular complexity index is 1260. The second-order valence-corrected chi connectivity index (χ2v) is 7.83. The summed E-state index contributed by atoms with van der Waals surface area (Å²) in [7, 11) is 0. The molecule has 1 aromatic heterocycles. The number of urea groups is 1. The molecule has 0 unspecified atom stereocenters. The van der Waals surface area contributed by atoms with Gasteiger partial charge in [0.2, 0.25) is 0 Å². The summed E-state index contributed by atoms with van der Waals surface area (Å²) >= 11 is 6.07. The number of nitrogens with zero attached hydrogens (tertiary/aromatic N) is 2. The highest BCUT2D eigenvalue weighted by atomic mass is 35.5. The first kappa shape index (κ1) is 21.6. The molecule has 1 aliphatic heterocycles. The third kappa shape index (κ3) is 4.11. The SMILES string of the molecule is CCN1C(=O)NC(=O)C(=Cc2cn(CCOc3ccc(Cl)c(C)c3)c3ccccc23)C1=O. The second-order valence-electron chi connectivity index (χ2n) is 7.42. The first-order valence-electron chi connectivity index (χ1n) is 10.2. The van der Waals surface area contributed by atoms with E-state index in [9.17, 15) is 14.4 Å². The Hall–Kier alpha value is -3.58. The Morgan fingerprint density at radius 3 is 2.66 bits per heavy atom. The highest BCUT2D eigenvalue weighted by Gasteiger charge is 2.34. The molecule has 0 spiro atoms. The highest BCUT2D eigenvalue weighted by Crippen LogP contribution is 2.25. The van der Waals surface area contributed by atoms with Gasteiger partial charge in [0, 0.05) is 34.2 Å². The van der Waals surface area contributed by atoms with Crippen molar-refractivity contribution in [1.82, 2.24) is 14.8 Å². The Morgan fingerprint density at radius 2 is 1.91 bits per heavy atom. The van der Waals surface area contributed by atoms with Crippen molar-refractivity contribution in [2.45, 2.75) is 20.4 Å². The molecule has 8 heteroatoms. The van der Waals surface area contributed by atoms with Gasteiger partial charge in [0.05, 0.1) is 6.54 Å². The summed E-state index contributed by atoms with van der Waals surface area (Å²) in [5, 5.41) is 3.80.